The van der Waals surface area contributed by atoms with E-state index in [1.165, 1.54) is 0 Å². The number of rotatable bonds is 5. The van der Waals surface area contributed by atoms with E-state index in [1.54, 1.807) is 30.3 Å². The number of nitrogens with one attached hydrogen (secondary N) is 3. The van der Waals surface area contributed by atoms with Gasteiger partial charge in [-0.15, -0.1) is 5.10 Å². The number of amides is 2. The summed E-state index contributed by atoms with van der Waals surface area (Å²) < 4.78 is 0.968. The number of carbonyl (C=O) groups excluding carboxylic acids is 2. The fourth-order valence-electron chi connectivity index (χ4n) is 2.83. The van der Waals surface area contributed by atoms with E-state index in [-0.39, 0.29) is 19.0 Å². The minimum Gasteiger partial charge on any atom is -0.361 e. The molecular formula is C19H16N6O3. The second-order valence-electron chi connectivity index (χ2n) is 6.17. The molecule has 0 saturated heterocycles. The number of hydrogen-bond donors (Lipinski definition) is 3. The number of H-pyrrole nitrogens is 1. The molecule has 28 heavy (non-hydrogen) atoms. The smallest absolute Gasteiger partial charge is 0.278 e. The van der Waals surface area contributed by atoms with Crippen LogP contribution in [0.1, 0.15) is 0 Å². The maximum absolute atomic E-state index is 12.3. The second kappa shape index (κ2) is 7.31. The predicted octanol–water partition coefficient (Wildman–Crippen LogP) is 1.03. The molecule has 2 heterocycles. The van der Waals surface area contributed by atoms with Gasteiger partial charge in [-0.25, -0.2) is 4.68 Å². The van der Waals surface area contributed by atoms with Crippen molar-refractivity contribution in [2.24, 2.45) is 0 Å². The molecule has 4 aromatic rings. The Morgan fingerprint density at radius 3 is 2.82 bits per heavy atom. The number of fused-ring (bicyclic) bond motifs is 2. The molecule has 0 unspecified atom stereocenters. The van der Waals surface area contributed by atoms with Crippen LogP contribution in [-0.4, -0.2) is 38.3 Å². The zero-order chi connectivity index (χ0) is 19.5. The van der Waals surface area contributed by atoms with Gasteiger partial charge in [0, 0.05) is 22.8 Å². The normalized spacial score (nSPS) is 10.9. The number of carbonyl (C=O) groups is 2. The van der Waals surface area contributed by atoms with E-state index >= 15 is 0 Å². The van der Waals surface area contributed by atoms with Crippen molar-refractivity contribution in [3.05, 3.63) is 65.1 Å². The van der Waals surface area contributed by atoms with Crippen LogP contribution in [0.4, 0.5) is 5.69 Å². The van der Waals surface area contributed by atoms with Crippen LogP contribution in [0, 0.1) is 0 Å². The third kappa shape index (κ3) is 3.58. The van der Waals surface area contributed by atoms with Crippen LogP contribution in [0.2, 0.25) is 0 Å². The standard InChI is InChI=1S/C19H16N6O3/c26-17(22-13-5-6-15-12(9-13)7-8-20-15)10-21-18(27)11-25-19(28)14-3-1-2-4-16(14)23-24-25/h1-9,20H,10-11H2,(H,21,27)(H,22,26). The van der Waals surface area contributed by atoms with Crippen molar-refractivity contribution < 1.29 is 9.59 Å². The molecule has 2 aromatic carbocycles. The lowest BCUT2D eigenvalue weighted by molar-refractivity contribution is -0.124. The molecule has 2 amide bonds. The Morgan fingerprint density at radius 1 is 1.07 bits per heavy atom. The molecule has 0 spiro atoms. The Kier molecular flexibility index (Phi) is 4.55. The van der Waals surface area contributed by atoms with Gasteiger partial charge in [0.25, 0.3) is 5.56 Å². The summed E-state index contributed by atoms with van der Waals surface area (Å²) in [7, 11) is 0. The molecule has 3 N–H and O–H groups in total. The van der Waals surface area contributed by atoms with Crippen molar-refractivity contribution >= 4 is 39.3 Å². The predicted molar refractivity (Wildman–Crippen MR) is 104 cm³/mol. The minimum absolute atomic E-state index is 0.222. The maximum atomic E-state index is 12.3. The monoisotopic (exact) mass is 376 g/mol. The van der Waals surface area contributed by atoms with Crippen LogP contribution in [0.3, 0.4) is 0 Å². The molecule has 0 aliphatic rings. The van der Waals surface area contributed by atoms with Gasteiger partial charge in [-0.1, -0.05) is 17.3 Å². The van der Waals surface area contributed by atoms with Crippen LogP contribution >= 0.6 is 0 Å². The van der Waals surface area contributed by atoms with E-state index in [1.807, 2.05) is 24.4 Å². The lowest BCUT2D eigenvalue weighted by atomic mass is 10.2. The molecule has 140 valence electrons. The lowest BCUT2D eigenvalue weighted by Gasteiger charge is -2.08. The Labute approximate surface area is 158 Å². The van der Waals surface area contributed by atoms with E-state index in [0.717, 1.165) is 15.6 Å². The number of hydrogen-bond acceptors (Lipinski definition) is 5. The van der Waals surface area contributed by atoms with Gasteiger partial charge in [-0.05, 0) is 36.4 Å². The van der Waals surface area contributed by atoms with Crippen LogP contribution in [0.5, 0.6) is 0 Å². The first-order valence-electron chi connectivity index (χ1n) is 8.56. The topological polar surface area (TPSA) is 122 Å². The number of aromatic amines is 1. The Morgan fingerprint density at radius 2 is 1.93 bits per heavy atom. The zero-order valence-electron chi connectivity index (χ0n) is 14.7. The van der Waals surface area contributed by atoms with E-state index in [0.29, 0.717) is 16.6 Å². The van der Waals surface area contributed by atoms with Gasteiger partial charge in [0.2, 0.25) is 11.8 Å². The quantitative estimate of drug-likeness (QED) is 0.480. The number of anilines is 1. The van der Waals surface area contributed by atoms with Crippen molar-refractivity contribution in [3.63, 3.8) is 0 Å². The van der Waals surface area contributed by atoms with Crippen molar-refractivity contribution in [1.29, 1.82) is 0 Å². The number of benzene rings is 2. The summed E-state index contributed by atoms with van der Waals surface area (Å²) >= 11 is 0. The van der Waals surface area contributed by atoms with Crippen LogP contribution in [0.25, 0.3) is 21.8 Å². The molecule has 0 bridgehead atoms. The van der Waals surface area contributed by atoms with Gasteiger partial charge in [0.1, 0.15) is 12.1 Å². The van der Waals surface area contributed by atoms with Gasteiger partial charge >= 0.3 is 0 Å². The number of aromatic nitrogens is 4. The Balaban J connectivity index is 1.35. The van der Waals surface area contributed by atoms with Crippen LogP contribution in [0.15, 0.2) is 59.5 Å². The summed E-state index contributed by atoms with van der Waals surface area (Å²) in [5.41, 5.74) is 1.64. The van der Waals surface area contributed by atoms with Crippen molar-refractivity contribution in [1.82, 2.24) is 25.3 Å². The third-order valence-electron chi connectivity index (χ3n) is 4.21. The fraction of sp³-hybridized carbons (Fsp3) is 0.105. The molecule has 9 nitrogen and oxygen atoms in total. The maximum Gasteiger partial charge on any atom is 0.278 e. The minimum atomic E-state index is -0.511. The van der Waals surface area contributed by atoms with Crippen LogP contribution < -0.4 is 16.2 Å². The van der Waals surface area contributed by atoms with Gasteiger partial charge in [-0.2, -0.15) is 0 Å². The summed E-state index contributed by atoms with van der Waals surface area (Å²) in [6, 6.07) is 14.1. The van der Waals surface area contributed by atoms with Gasteiger partial charge < -0.3 is 15.6 Å². The van der Waals surface area contributed by atoms with Crippen molar-refractivity contribution in [2.75, 3.05) is 11.9 Å². The van der Waals surface area contributed by atoms with Crippen molar-refractivity contribution in [2.45, 2.75) is 6.54 Å². The SMILES string of the molecule is O=C(Cn1nnc2ccccc2c1=O)NCC(=O)Nc1ccc2[nH]ccc2c1. The van der Waals surface area contributed by atoms with Gasteiger partial charge in [0.15, 0.2) is 0 Å². The highest BCUT2D eigenvalue weighted by molar-refractivity contribution is 5.96. The lowest BCUT2D eigenvalue weighted by Crippen LogP contribution is -2.38. The molecule has 0 saturated carbocycles. The first-order chi connectivity index (χ1) is 13.6. The number of nitrogens with zero attached hydrogens (tertiary/aromatic N) is 3. The van der Waals surface area contributed by atoms with Gasteiger partial charge in [-0.3, -0.25) is 14.4 Å². The molecular weight excluding hydrogens is 360 g/mol. The summed E-state index contributed by atoms with van der Waals surface area (Å²) in [6.45, 7) is -0.543. The third-order valence-corrected chi connectivity index (χ3v) is 4.21. The summed E-state index contributed by atoms with van der Waals surface area (Å²) in [5.74, 6) is -0.886. The molecule has 0 atom stereocenters. The highest BCUT2D eigenvalue weighted by Crippen LogP contribution is 2.17. The summed E-state index contributed by atoms with van der Waals surface area (Å²) in [6.07, 6.45) is 1.81. The first-order valence-corrected chi connectivity index (χ1v) is 8.56. The molecule has 9 heteroatoms. The molecule has 2 aromatic heterocycles. The van der Waals surface area contributed by atoms with E-state index in [2.05, 4.69) is 25.9 Å². The fourth-order valence-corrected chi connectivity index (χ4v) is 2.83. The van der Waals surface area contributed by atoms with Gasteiger partial charge in [0.05, 0.1) is 11.9 Å². The Hall–Kier alpha value is -4.01. The molecule has 0 aliphatic carbocycles. The van der Waals surface area contributed by atoms with Crippen LogP contribution in [-0.2, 0) is 16.1 Å². The average molecular weight is 376 g/mol. The van der Waals surface area contributed by atoms with E-state index in [4.69, 9.17) is 0 Å². The van der Waals surface area contributed by atoms with E-state index < -0.39 is 11.5 Å². The second-order valence-corrected chi connectivity index (χ2v) is 6.17. The summed E-state index contributed by atoms with van der Waals surface area (Å²) in [5, 5.41) is 14.2. The first kappa shape index (κ1) is 17.4. The molecule has 4 rings (SSSR count). The summed E-state index contributed by atoms with van der Waals surface area (Å²) in [4.78, 5) is 39.5. The largest absolute Gasteiger partial charge is 0.361 e. The zero-order valence-corrected chi connectivity index (χ0v) is 14.7. The highest BCUT2D eigenvalue weighted by atomic mass is 16.2. The Bertz CT molecular complexity index is 1240. The molecule has 0 fully saturated rings. The van der Waals surface area contributed by atoms with Crippen molar-refractivity contribution in [3.8, 4) is 0 Å². The molecule has 0 radical (unpaired) electrons. The van der Waals surface area contributed by atoms with E-state index in [9.17, 15) is 14.4 Å². The average Bonchev–Trinajstić information content (AvgIpc) is 3.17. The highest BCUT2D eigenvalue weighted by Gasteiger charge is 2.11. The molecule has 0 aliphatic heterocycles.